The standard InChI is InChI=1S/C8H13NO2/c10-8(11)7-4-5-2-1-3-6(5)9-7/h5-7,9H,1-4H2,(H,10,11)/t5-,6+,7-/m0/s1. The maximum Gasteiger partial charge on any atom is 0.127 e. The van der Waals surface area contributed by atoms with E-state index >= 15 is 0 Å². The molecule has 0 aromatic rings. The van der Waals surface area contributed by atoms with E-state index in [0.29, 0.717) is 12.0 Å². The fourth-order valence-electron chi connectivity index (χ4n) is 2.49. The molecule has 0 aromatic carbocycles. The molecule has 11 heavy (non-hydrogen) atoms. The van der Waals surface area contributed by atoms with Gasteiger partial charge in [-0.2, -0.15) is 0 Å². The molecule has 62 valence electrons. The zero-order valence-electron chi connectivity index (χ0n) is 6.45. The van der Waals surface area contributed by atoms with Gasteiger partial charge in [0.2, 0.25) is 0 Å². The Morgan fingerprint density at radius 1 is 1.45 bits per heavy atom. The Labute approximate surface area is 65.8 Å². The van der Waals surface area contributed by atoms with Gasteiger partial charge < -0.3 is 15.2 Å². The second-order valence-corrected chi connectivity index (χ2v) is 3.71. The number of rotatable bonds is 1. The van der Waals surface area contributed by atoms with Crippen LogP contribution in [0.1, 0.15) is 25.7 Å². The molecule has 2 rings (SSSR count). The fourth-order valence-corrected chi connectivity index (χ4v) is 2.49. The third kappa shape index (κ3) is 1.13. The summed E-state index contributed by atoms with van der Waals surface area (Å²) in [6.45, 7) is 0. The van der Waals surface area contributed by atoms with Crippen LogP contribution < -0.4 is 10.4 Å². The summed E-state index contributed by atoms with van der Waals surface area (Å²) in [5.41, 5.74) is 0. The minimum absolute atomic E-state index is 0.245. The number of hydrogen-bond donors (Lipinski definition) is 1. The van der Waals surface area contributed by atoms with Crippen LogP contribution in [0.4, 0.5) is 0 Å². The summed E-state index contributed by atoms with van der Waals surface area (Å²) in [5.74, 6) is -0.211. The van der Waals surface area contributed by atoms with E-state index in [-0.39, 0.29) is 6.04 Å². The maximum absolute atomic E-state index is 10.5. The second-order valence-electron chi connectivity index (χ2n) is 3.71. The maximum atomic E-state index is 10.5. The van der Waals surface area contributed by atoms with Gasteiger partial charge in [-0.1, -0.05) is 0 Å². The molecule has 2 fully saturated rings. The minimum Gasteiger partial charge on any atom is -0.544 e. The molecule has 1 heterocycles. The molecule has 0 radical (unpaired) electrons. The average Bonchev–Trinajstić information content (AvgIpc) is 2.40. The van der Waals surface area contributed by atoms with Gasteiger partial charge in [-0.05, 0) is 19.3 Å². The molecular weight excluding hydrogens is 142 g/mol. The van der Waals surface area contributed by atoms with Crippen LogP contribution in [0.2, 0.25) is 0 Å². The van der Waals surface area contributed by atoms with E-state index in [9.17, 15) is 9.90 Å². The highest BCUT2D eigenvalue weighted by atomic mass is 16.4. The topological polar surface area (TPSA) is 56.7 Å². The van der Waals surface area contributed by atoms with E-state index < -0.39 is 5.97 Å². The first-order chi connectivity index (χ1) is 5.27. The highest BCUT2D eigenvalue weighted by molar-refractivity contribution is 5.69. The summed E-state index contributed by atoms with van der Waals surface area (Å²) in [5, 5.41) is 12.5. The van der Waals surface area contributed by atoms with E-state index in [1.54, 1.807) is 0 Å². The molecule has 1 aliphatic carbocycles. The molecule has 0 unspecified atom stereocenters. The van der Waals surface area contributed by atoms with Crippen molar-refractivity contribution in [2.24, 2.45) is 5.92 Å². The van der Waals surface area contributed by atoms with Crippen molar-refractivity contribution in [2.45, 2.75) is 37.8 Å². The highest BCUT2D eigenvalue weighted by Crippen LogP contribution is 2.30. The van der Waals surface area contributed by atoms with Gasteiger partial charge in [0, 0.05) is 12.3 Å². The van der Waals surface area contributed by atoms with Crippen molar-refractivity contribution in [1.82, 2.24) is 0 Å². The number of nitrogens with two attached hydrogens (primary N) is 1. The Hall–Kier alpha value is -0.570. The molecule has 2 N–H and O–H groups in total. The summed E-state index contributed by atoms with van der Waals surface area (Å²) in [6.07, 6.45) is 4.55. The molecule has 1 saturated heterocycles. The molecule has 0 aromatic heterocycles. The number of carbonyl (C=O) groups is 1. The van der Waals surface area contributed by atoms with Crippen LogP contribution in [0, 0.1) is 5.92 Å². The predicted octanol–water partition coefficient (Wildman–Crippen LogP) is -1.76. The van der Waals surface area contributed by atoms with Crippen LogP contribution in [-0.4, -0.2) is 18.1 Å². The molecule has 0 spiro atoms. The lowest BCUT2D eigenvalue weighted by molar-refractivity contribution is -0.697. The zero-order chi connectivity index (χ0) is 7.84. The zero-order valence-corrected chi connectivity index (χ0v) is 6.45. The van der Waals surface area contributed by atoms with Crippen molar-refractivity contribution in [2.75, 3.05) is 0 Å². The fraction of sp³-hybridized carbons (Fsp3) is 0.875. The van der Waals surface area contributed by atoms with E-state index in [2.05, 4.69) is 0 Å². The lowest BCUT2D eigenvalue weighted by Gasteiger charge is -2.09. The normalized spacial score (nSPS) is 42.4. The predicted molar refractivity (Wildman–Crippen MR) is 36.5 cm³/mol. The van der Waals surface area contributed by atoms with Crippen molar-refractivity contribution in [3.8, 4) is 0 Å². The Kier molecular flexibility index (Phi) is 1.60. The van der Waals surface area contributed by atoms with Crippen molar-refractivity contribution in [3.63, 3.8) is 0 Å². The lowest BCUT2D eigenvalue weighted by Crippen LogP contribution is -2.94. The van der Waals surface area contributed by atoms with Gasteiger partial charge in [0.05, 0.1) is 12.0 Å². The number of carboxylic acids is 1. The molecule has 1 saturated carbocycles. The quantitative estimate of drug-likeness (QED) is 0.488. The summed E-state index contributed by atoms with van der Waals surface area (Å²) >= 11 is 0. The molecule has 3 nitrogen and oxygen atoms in total. The average molecular weight is 155 g/mol. The second kappa shape index (κ2) is 2.48. The molecule has 1 aliphatic heterocycles. The van der Waals surface area contributed by atoms with Crippen molar-refractivity contribution < 1.29 is 15.2 Å². The minimum atomic E-state index is -0.876. The molecule has 0 amide bonds. The summed E-state index contributed by atoms with van der Waals surface area (Å²) < 4.78 is 0. The van der Waals surface area contributed by atoms with E-state index in [1.165, 1.54) is 19.3 Å². The number of fused-ring (bicyclic) bond motifs is 1. The highest BCUT2D eigenvalue weighted by Gasteiger charge is 2.41. The SMILES string of the molecule is O=C([O-])[C@@H]1C[C@@H]2CCC[C@H]2[NH2+]1. The van der Waals surface area contributed by atoms with Gasteiger partial charge in [-0.3, -0.25) is 0 Å². The number of hydrogen-bond acceptors (Lipinski definition) is 2. The first-order valence-electron chi connectivity index (χ1n) is 4.33. The van der Waals surface area contributed by atoms with Crippen molar-refractivity contribution in [1.29, 1.82) is 0 Å². The summed E-state index contributed by atoms with van der Waals surface area (Å²) in [7, 11) is 0. The number of carboxylic acid groups (broad SMARTS) is 1. The van der Waals surface area contributed by atoms with Gasteiger partial charge in [0.25, 0.3) is 0 Å². The van der Waals surface area contributed by atoms with E-state index in [0.717, 1.165) is 6.42 Å². The van der Waals surface area contributed by atoms with Crippen LogP contribution in [-0.2, 0) is 4.79 Å². The van der Waals surface area contributed by atoms with Crippen LogP contribution in [0.5, 0.6) is 0 Å². The Bertz CT molecular complexity index is 169. The number of carbonyl (C=O) groups excluding carboxylic acids is 1. The van der Waals surface area contributed by atoms with Crippen molar-refractivity contribution >= 4 is 5.97 Å². The molecule has 2 aliphatic rings. The van der Waals surface area contributed by atoms with Gasteiger partial charge in [-0.15, -0.1) is 0 Å². The molecule has 0 bridgehead atoms. The van der Waals surface area contributed by atoms with Gasteiger partial charge >= 0.3 is 0 Å². The van der Waals surface area contributed by atoms with Crippen molar-refractivity contribution in [3.05, 3.63) is 0 Å². The van der Waals surface area contributed by atoms with E-state index in [1.807, 2.05) is 5.32 Å². The lowest BCUT2D eigenvalue weighted by atomic mass is 10.0. The Morgan fingerprint density at radius 3 is 2.91 bits per heavy atom. The third-order valence-corrected chi connectivity index (χ3v) is 3.06. The van der Waals surface area contributed by atoms with Gasteiger partial charge in [-0.25, -0.2) is 0 Å². The number of quaternary nitrogens is 1. The van der Waals surface area contributed by atoms with Gasteiger partial charge in [0.1, 0.15) is 6.04 Å². The van der Waals surface area contributed by atoms with Crippen LogP contribution in [0.25, 0.3) is 0 Å². The smallest absolute Gasteiger partial charge is 0.127 e. The van der Waals surface area contributed by atoms with Gasteiger partial charge in [0.15, 0.2) is 0 Å². The summed E-state index contributed by atoms with van der Waals surface area (Å²) in [4.78, 5) is 10.5. The first-order valence-corrected chi connectivity index (χ1v) is 4.33. The Balaban J connectivity index is 1.99. The first kappa shape index (κ1) is 7.10. The number of aliphatic carboxylic acids is 1. The molecule has 3 heteroatoms. The van der Waals surface area contributed by atoms with E-state index in [4.69, 9.17) is 0 Å². The Morgan fingerprint density at radius 2 is 2.27 bits per heavy atom. The monoisotopic (exact) mass is 155 g/mol. The summed E-state index contributed by atoms with van der Waals surface area (Å²) in [6, 6.07) is 0.350. The molecule has 3 atom stereocenters. The largest absolute Gasteiger partial charge is 0.544 e. The molecular formula is C8H13NO2. The van der Waals surface area contributed by atoms with Crippen LogP contribution in [0.3, 0.4) is 0 Å². The third-order valence-electron chi connectivity index (χ3n) is 3.06. The van der Waals surface area contributed by atoms with Crippen LogP contribution >= 0.6 is 0 Å². The van der Waals surface area contributed by atoms with Crippen LogP contribution in [0.15, 0.2) is 0 Å².